The lowest BCUT2D eigenvalue weighted by Crippen LogP contribution is -2.57. The molecule has 1 atom stereocenters. The smallest absolute Gasteiger partial charge is 0.257 e. The van der Waals surface area contributed by atoms with Crippen LogP contribution in [-0.4, -0.2) is 72.0 Å². The first-order chi connectivity index (χ1) is 15.2. The van der Waals surface area contributed by atoms with E-state index >= 15 is 0 Å². The van der Waals surface area contributed by atoms with Crippen LogP contribution in [0.2, 0.25) is 0 Å². The second kappa shape index (κ2) is 8.21. The molecule has 7 nitrogen and oxygen atoms in total. The summed E-state index contributed by atoms with van der Waals surface area (Å²) in [7, 11) is 0. The van der Waals surface area contributed by atoms with E-state index in [1.54, 1.807) is 6.20 Å². The van der Waals surface area contributed by atoms with Gasteiger partial charge in [-0.3, -0.25) is 9.59 Å². The lowest BCUT2D eigenvalue weighted by atomic mass is 9.97. The van der Waals surface area contributed by atoms with Gasteiger partial charge >= 0.3 is 0 Å². The number of fused-ring (bicyclic) bond motifs is 2. The Balaban J connectivity index is 1.35. The number of benzene rings is 1. The van der Waals surface area contributed by atoms with Gasteiger partial charge in [0.2, 0.25) is 0 Å². The molecular weight excluding hydrogens is 390 g/mol. The van der Waals surface area contributed by atoms with Gasteiger partial charge in [0, 0.05) is 51.0 Å². The number of anilines is 2. The molecule has 2 saturated heterocycles. The van der Waals surface area contributed by atoms with Crippen molar-refractivity contribution in [2.45, 2.75) is 32.4 Å². The molecule has 0 spiro atoms. The van der Waals surface area contributed by atoms with Crippen LogP contribution < -0.4 is 9.80 Å². The van der Waals surface area contributed by atoms with Crippen LogP contribution in [0.15, 0.2) is 42.6 Å². The first kappa shape index (κ1) is 19.8. The monoisotopic (exact) mass is 419 g/mol. The number of piperazine rings is 1. The fourth-order valence-corrected chi connectivity index (χ4v) is 5.12. The lowest BCUT2D eigenvalue weighted by Gasteiger charge is -2.47. The van der Waals surface area contributed by atoms with Gasteiger partial charge in [-0.05, 0) is 56.5 Å². The highest BCUT2D eigenvalue weighted by Crippen LogP contribution is 2.36. The molecule has 0 radical (unpaired) electrons. The highest BCUT2D eigenvalue weighted by Gasteiger charge is 2.38. The van der Waals surface area contributed by atoms with E-state index in [4.69, 9.17) is 0 Å². The van der Waals surface area contributed by atoms with E-state index in [0.29, 0.717) is 18.7 Å². The molecule has 1 aromatic carbocycles. The maximum absolute atomic E-state index is 13.3. The number of hydrogen-bond donors (Lipinski definition) is 0. The Morgan fingerprint density at radius 3 is 2.65 bits per heavy atom. The largest absolute Gasteiger partial charge is 0.353 e. The number of aromatic nitrogens is 1. The van der Waals surface area contributed by atoms with Crippen LogP contribution in [0.1, 0.15) is 46.9 Å². The predicted molar refractivity (Wildman–Crippen MR) is 120 cm³/mol. The third-order valence-corrected chi connectivity index (χ3v) is 6.76. The number of carbonyl (C=O) groups excluding carboxylic acids is 2. The summed E-state index contributed by atoms with van der Waals surface area (Å²) in [6.45, 7) is 6.63. The summed E-state index contributed by atoms with van der Waals surface area (Å²) in [4.78, 5) is 39.2. The van der Waals surface area contributed by atoms with Gasteiger partial charge in [0.25, 0.3) is 11.8 Å². The Labute approximate surface area is 183 Å². The maximum Gasteiger partial charge on any atom is 0.257 e. The Kier molecular flexibility index (Phi) is 5.26. The average molecular weight is 420 g/mol. The molecule has 3 aliphatic heterocycles. The lowest BCUT2D eigenvalue weighted by molar-refractivity contribution is 0.0581. The van der Waals surface area contributed by atoms with Crippen molar-refractivity contribution >= 4 is 23.3 Å². The normalized spacial score (nSPS) is 21.1. The molecular formula is C24H29N5O2. The molecule has 0 saturated carbocycles. The topological polar surface area (TPSA) is 60.0 Å². The third-order valence-electron chi connectivity index (χ3n) is 6.76. The zero-order chi connectivity index (χ0) is 21.4. The van der Waals surface area contributed by atoms with E-state index in [1.807, 2.05) is 46.2 Å². The standard InChI is InChI=1S/C24H29N5O2/c1-2-28-20-17-18(9-10-19(20)24(31)29-12-6-4-8-22(28)29)23(30)27-15-13-26(14-16-27)21-7-3-5-11-25-21/h3,5,7,9-11,17,22H,2,4,6,8,12-16H2,1H3. The molecule has 3 aliphatic rings. The highest BCUT2D eigenvalue weighted by atomic mass is 16.2. The fraction of sp³-hybridized carbons (Fsp3) is 0.458. The number of carbonyl (C=O) groups is 2. The van der Waals surface area contributed by atoms with Crippen LogP contribution >= 0.6 is 0 Å². The van der Waals surface area contributed by atoms with Crippen LogP contribution in [-0.2, 0) is 0 Å². The van der Waals surface area contributed by atoms with E-state index in [1.165, 1.54) is 0 Å². The van der Waals surface area contributed by atoms with E-state index in [0.717, 1.165) is 62.5 Å². The number of amides is 2. The zero-order valence-electron chi connectivity index (χ0n) is 18.0. The Morgan fingerprint density at radius 2 is 1.90 bits per heavy atom. The molecule has 162 valence electrons. The number of pyridine rings is 1. The molecule has 2 fully saturated rings. The van der Waals surface area contributed by atoms with Crippen LogP contribution in [0.25, 0.3) is 0 Å². The van der Waals surface area contributed by atoms with Gasteiger partial charge in [-0.25, -0.2) is 4.98 Å². The fourth-order valence-electron chi connectivity index (χ4n) is 5.12. The third kappa shape index (κ3) is 3.52. The van der Waals surface area contributed by atoms with Crippen molar-refractivity contribution in [3.05, 3.63) is 53.7 Å². The molecule has 0 N–H and O–H groups in total. The Hall–Kier alpha value is -3.09. The van der Waals surface area contributed by atoms with E-state index in [2.05, 4.69) is 21.7 Å². The van der Waals surface area contributed by atoms with Gasteiger partial charge in [-0.2, -0.15) is 0 Å². The van der Waals surface area contributed by atoms with E-state index in [9.17, 15) is 9.59 Å². The summed E-state index contributed by atoms with van der Waals surface area (Å²) in [5.74, 6) is 1.10. The first-order valence-corrected chi connectivity index (χ1v) is 11.3. The summed E-state index contributed by atoms with van der Waals surface area (Å²) < 4.78 is 0. The summed E-state index contributed by atoms with van der Waals surface area (Å²) in [5.41, 5.74) is 2.30. The molecule has 1 aromatic heterocycles. The molecule has 31 heavy (non-hydrogen) atoms. The molecule has 0 aliphatic carbocycles. The van der Waals surface area contributed by atoms with Crippen molar-refractivity contribution in [3.8, 4) is 0 Å². The van der Waals surface area contributed by atoms with Crippen LogP contribution in [0.4, 0.5) is 11.5 Å². The van der Waals surface area contributed by atoms with Crippen LogP contribution in [0, 0.1) is 0 Å². The van der Waals surface area contributed by atoms with Crippen molar-refractivity contribution in [2.24, 2.45) is 0 Å². The predicted octanol–water partition coefficient (Wildman–Crippen LogP) is 2.84. The first-order valence-electron chi connectivity index (χ1n) is 11.3. The van der Waals surface area contributed by atoms with Crippen molar-refractivity contribution in [1.82, 2.24) is 14.8 Å². The van der Waals surface area contributed by atoms with Gasteiger partial charge in [0.05, 0.1) is 11.3 Å². The van der Waals surface area contributed by atoms with Crippen molar-refractivity contribution in [3.63, 3.8) is 0 Å². The van der Waals surface area contributed by atoms with E-state index in [-0.39, 0.29) is 18.0 Å². The van der Waals surface area contributed by atoms with Gasteiger partial charge in [0.1, 0.15) is 12.0 Å². The summed E-state index contributed by atoms with van der Waals surface area (Å²) in [5, 5.41) is 0. The zero-order valence-corrected chi connectivity index (χ0v) is 18.0. The van der Waals surface area contributed by atoms with Gasteiger partial charge in [-0.1, -0.05) is 6.07 Å². The summed E-state index contributed by atoms with van der Waals surface area (Å²) >= 11 is 0. The van der Waals surface area contributed by atoms with Crippen molar-refractivity contribution in [2.75, 3.05) is 49.1 Å². The Morgan fingerprint density at radius 1 is 1.06 bits per heavy atom. The molecule has 0 bridgehead atoms. The summed E-state index contributed by atoms with van der Waals surface area (Å²) in [6, 6.07) is 11.5. The average Bonchev–Trinajstić information content (AvgIpc) is 2.84. The number of nitrogens with zero attached hydrogens (tertiary/aromatic N) is 5. The second-order valence-corrected chi connectivity index (χ2v) is 8.46. The number of piperidine rings is 1. The molecule has 4 heterocycles. The van der Waals surface area contributed by atoms with Gasteiger partial charge < -0.3 is 19.6 Å². The van der Waals surface area contributed by atoms with Crippen LogP contribution in [0.5, 0.6) is 0 Å². The number of rotatable bonds is 3. The molecule has 1 unspecified atom stereocenters. The molecule has 2 amide bonds. The minimum Gasteiger partial charge on any atom is -0.353 e. The van der Waals surface area contributed by atoms with E-state index < -0.39 is 0 Å². The van der Waals surface area contributed by atoms with Gasteiger partial charge in [0.15, 0.2) is 0 Å². The number of hydrogen-bond acceptors (Lipinski definition) is 5. The maximum atomic E-state index is 13.3. The molecule has 5 rings (SSSR count). The Bertz CT molecular complexity index is 971. The molecule has 2 aromatic rings. The van der Waals surface area contributed by atoms with Gasteiger partial charge in [-0.15, -0.1) is 0 Å². The van der Waals surface area contributed by atoms with Crippen molar-refractivity contribution in [1.29, 1.82) is 0 Å². The summed E-state index contributed by atoms with van der Waals surface area (Å²) in [6.07, 6.45) is 5.11. The quantitative estimate of drug-likeness (QED) is 0.766. The second-order valence-electron chi connectivity index (χ2n) is 8.46. The highest BCUT2D eigenvalue weighted by molar-refractivity contribution is 6.04. The minimum absolute atomic E-state index is 0.0399. The SMILES string of the molecule is CCN1c2cc(C(=O)N3CCN(c4ccccn4)CC3)ccc2C(=O)N2CCCCC21. The minimum atomic E-state index is 0.0399. The molecule has 7 heteroatoms. The van der Waals surface area contributed by atoms with Crippen molar-refractivity contribution < 1.29 is 9.59 Å². The van der Waals surface area contributed by atoms with Crippen LogP contribution in [0.3, 0.4) is 0 Å².